The lowest BCUT2D eigenvalue weighted by atomic mass is 10.0. The van der Waals surface area contributed by atoms with Crippen LogP contribution in [0.1, 0.15) is 39.2 Å². The van der Waals surface area contributed by atoms with Crippen LogP contribution in [0.15, 0.2) is 42.5 Å². The molecule has 33 heavy (non-hydrogen) atoms. The molecule has 2 amide bonds. The predicted octanol–water partition coefficient (Wildman–Crippen LogP) is 3.21. The van der Waals surface area contributed by atoms with Gasteiger partial charge in [0.2, 0.25) is 0 Å². The third kappa shape index (κ3) is 8.38. The molecule has 0 aromatic heterocycles. The number of aliphatic hydroxyl groups excluding tert-OH is 1. The van der Waals surface area contributed by atoms with Crippen LogP contribution in [0.3, 0.4) is 0 Å². The Bertz CT molecular complexity index is 945. The maximum absolute atomic E-state index is 12.9. The molecule has 2 aromatic carbocycles. The molecule has 0 bridgehead atoms. The topological polar surface area (TPSA) is 116 Å². The fraction of sp³-hybridized carbons (Fsp3) is 0.480. The molecular formula is C25H34N2O6. The lowest BCUT2D eigenvalue weighted by Gasteiger charge is -2.28. The number of fused-ring (bicyclic) bond motifs is 1. The van der Waals surface area contributed by atoms with Gasteiger partial charge in [0.15, 0.2) is 6.10 Å². The van der Waals surface area contributed by atoms with Crippen molar-refractivity contribution in [1.29, 1.82) is 0 Å². The number of amides is 2. The van der Waals surface area contributed by atoms with E-state index in [9.17, 15) is 24.6 Å². The first-order chi connectivity index (χ1) is 15.7. The highest BCUT2D eigenvalue weighted by Gasteiger charge is 2.28. The molecular weight excluding hydrogens is 424 g/mol. The molecule has 0 radical (unpaired) electrons. The maximum Gasteiger partial charge on any atom is 0.336 e. The standard InChI is InChI=1S/C25H34N2O6/c1-4-5-12-33-24(31)22(28)16-27(15-17(2)3)25(32)26-21(23(29)30)14-18-10-11-19-8-6-7-9-20(19)13-18/h6-11,13,17,21-22,28H,4-5,12,14-16H2,1-3H3,(H,26,32)(H,29,30). The number of carbonyl (C=O) groups excluding carboxylic acids is 2. The van der Waals surface area contributed by atoms with Crippen molar-refractivity contribution in [2.75, 3.05) is 19.7 Å². The Balaban J connectivity index is 2.08. The number of esters is 1. The summed E-state index contributed by atoms with van der Waals surface area (Å²) in [4.78, 5) is 38.0. The number of unbranched alkanes of at least 4 members (excludes halogenated alkanes) is 1. The number of carbonyl (C=O) groups is 3. The zero-order chi connectivity index (χ0) is 24.4. The molecule has 2 unspecified atom stereocenters. The summed E-state index contributed by atoms with van der Waals surface area (Å²) in [6.07, 6.45) is 0.126. The van der Waals surface area contributed by atoms with E-state index in [1.54, 1.807) is 0 Å². The van der Waals surface area contributed by atoms with Gasteiger partial charge in [-0.15, -0.1) is 0 Å². The molecule has 0 saturated heterocycles. The first-order valence-corrected chi connectivity index (χ1v) is 11.3. The molecule has 0 spiro atoms. The molecule has 0 fully saturated rings. The van der Waals surface area contributed by atoms with Gasteiger partial charge in [-0.05, 0) is 28.7 Å². The monoisotopic (exact) mass is 458 g/mol. The number of hydrogen-bond donors (Lipinski definition) is 3. The highest BCUT2D eigenvalue weighted by Crippen LogP contribution is 2.17. The summed E-state index contributed by atoms with van der Waals surface area (Å²) in [5, 5.41) is 24.5. The third-order valence-electron chi connectivity index (χ3n) is 5.13. The number of benzene rings is 2. The van der Waals surface area contributed by atoms with Gasteiger partial charge in [0.05, 0.1) is 13.2 Å². The van der Waals surface area contributed by atoms with Crippen LogP contribution in [0.2, 0.25) is 0 Å². The summed E-state index contributed by atoms with van der Waals surface area (Å²) in [5.74, 6) is -1.92. The first-order valence-electron chi connectivity index (χ1n) is 11.3. The lowest BCUT2D eigenvalue weighted by molar-refractivity contribution is -0.154. The van der Waals surface area contributed by atoms with E-state index in [0.29, 0.717) is 6.42 Å². The molecule has 8 heteroatoms. The van der Waals surface area contributed by atoms with E-state index in [4.69, 9.17) is 4.74 Å². The van der Waals surface area contributed by atoms with Gasteiger partial charge in [-0.3, -0.25) is 0 Å². The minimum atomic E-state index is -1.50. The van der Waals surface area contributed by atoms with Gasteiger partial charge < -0.3 is 25.2 Å². The normalized spacial score (nSPS) is 12.9. The quantitative estimate of drug-likeness (QED) is 0.332. The lowest BCUT2D eigenvalue weighted by Crippen LogP contribution is -2.52. The zero-order valence-electron chi connectivity index (χ0n) is 19.5. The molecule has 2 rings (SSSR count). The van der Waals surface area contributed by atoms with Crippen molar-refractivity contribution in [1.82, 2.24) is 10.2 Å². The first kappa shape index (κ1) is 26.1. The Hall–Kier alpha value is -3.13. The van der Waals surface area contributed by atoms with Crippen molar-refractivity contribution >= 4 is 28.7 Å². The van der Waals surface area contributed by atoms with Crippen molar-refractivity contribution in [2.45, 2.75) is 52.2 Å². The van der Waals surface area contributed by atoms with Gasteiger partial charge in [-0.2, -0.15) is 0 Å². The summed E-state index contributed by atoms with van der Waals surface area (Å²) in [6, 6.07) is 11.6. The third-order valence-corrected chi connectivity index (χ3v) is 5.13. The van der Waals surface area contributed by atoms with Crippen LogP contribution in [0.25, 0.3) is 10.8 Å². The summed E-state index contributed by atoms with van der Waals surface area (Å²) >= 11 is 0. The van der Waals surface area contributed by atoms with Crippen LogP contribution < -0.4 is 5.32 Å². The van der Waals surface area contributed by atoms with E-state index in [1.165, 1.54) is 4.90 Å². The van der Waals surface area contributed by atoms with Crippen LogP contribution in [-0.4, -0.2) is 64.9 Å². The molecule has 0 saturated carbocycles. The fourth-order valence-electron chi connectivity index (χ4n) is 3.42. The Morgan fingerprint density at radius 3 is 2.39 bits per heavy atom. The second kappa shape index (κ2) is 12.8. The molecule has 8 nitrogen and oxygen atoms in total. The van der Waals surface area contributed by atoms with Crippen molar-refractivity contribution in [2.24, 2.45) is 5.92 Å². The van der Waals surface area contributed by atoms with Gasteiger partial charge in [0, 0.05) is 13.0 Å². The maximum atomic E-state index is 12.9. The number of ether oxygens (including phenoxy) is 1. The molecule has 180 valence electrons. The highest BCUT2D eigenvalue weighted by atomic mass is 16.5. The van der Waals surface area contributed by atoms with Crippen molar-refractivity contribution < 1.29 is 29.3 Å². The van der Waals surface area contributed by atoms with Crippen LogP contribution in [0.4, 0.5) is 4.79 Å². The smallest absolute Gasteiger partial charge is 0.336 e. The van der Waals surface area contributed by atoms with Crippen molar-refractivity contribution in [3.05, 3.63) is 48.0 Å². The summed E-state index contributed by atoms with van der Waals surface area (Å²) < 4.78 is 5.02. The summed E-state index contributed by atoms with van der Waals surface area (Å²) in [7, 11) is 0. The van der Waals surface area contributed by atoms with Crippen LogP contribution >= 0.6 is 0 Å². The number of rotatable bonds is 12. The van der Waals surface area contributed by atoms with Crippen molar-refractivity contribution in [3.8, 4) is 0 Å². The number of aliphatic carboxylic acids is 1. The number of carboxylic acid groups (broad SMARTS) is 1. The Morgan fingerprint density at radius 2 is 1.76 bits per heavy atom. The van der Waals surface area contributed by atoms with E-state index in [1.807, 2.05) is 63.2 Å². The molecule has 0 heterocycles. The average molecular weight is 459 g/mol. The highest BCUT2D eigenvalue weighted by molar-refractivity contribution is 5.85. The van der Waals surface area contributed by atoms with E-state index in [-0.39, 0.29) is 32.0 Å². The minimum absolute atomic E-state index is 0.0443. The van der Waals surface area contributed by atoms with Gasteiger partial charge in [0.25, 0.3) is 0 Å². The van der Waals surface area contributed by atoms with Crippen molar-refractivity contribution in [3.63, 3.8) is 0 Å². The Morgan fingerprint density at radius 1 is 1.06 bits per heavy atom. The molecule has 0 aliphatic rings. The summed E-state index contributed by atoms with van der Waals surface area (Å²) in [6.45, 7) is 5.89. The number of urea groups is 1. The van der Waals surface area contributed by atoms with Gasteiger partial charge >= 0.3 is 18.0 Å². The van der Waals surface area contributed by atoms with Crippen LogP contribution in [-0.2, 0) is 20.7 Å². The zero-order valence-corrected chi connectivity index (χ0v) is 19.5. The van der Waals surface area contributed by atoms with Crippen LogP contribution in [0, 0.1) is 5.92 Å². The number of hydrogen-bond acceptors (Lipinski definition) is 5. The van der Waals surface area contributed by atoms with E-state index in [0.717, 1.165) is 22.8 Å². The molecule has 2 aromatic rings. The van der Waals surface area contributed by atoms with Gasteiger partial charge in [-0.1, -0.05) is 69.7 Å². The molecule has 3 N–H and O–H groups in total. The SMILES string of the molecule is CCCCOC(=O)C(O)CN(CC(C)C)C(=O)NC(Cc1ccc2ccccc2c1)C(=O)O. The summed E-state index contributed by atoms with van der Waals surface area (Å²) in [5.41, 5.74) is 0.774. The molecule has 2 atom stereocenters. The Kier molecular flexibility index (Phi) is 10.1. The Labute approximate surface area is 194 Å². The van der Waals surface area contributed by atoms with E-state index in [2.05, 4.69) is 5.32 Å². The number of carboxylic acids is 1. The minimum Gasteiger partial charge on any atom is -0.480 e. The number of nitrogens with zero attached hydrogens (tertiary/aromatic N) is 1. The van der Waals surface area contributed by atoms with Gasteiger partial charge in [0.1, 0.15) is 6.04 Å². The second-order valence-corrected chi connectivity index (χ2v) is 8.56. The fourth-order valence-corrected chi connectivity index (χ4v) is 3.42. The number of aliphatic hydroxyl groups is 1. The molecule has 0 aliphatic heterocycles. The average Bonchev–Trinajstić information content (AvgIpc) is 2.77. The number of nitrogens with one attached hydrogen (secondary N) is 1. The predicted molar refractivity (Wildman–Crippen MR) is 126 cm³/mol. The van der Waals surface area contributed by atoms with E-state index >= 15 is 0 Å². The van der Waals surface area contributed by atoms with Gasteiger partial charge in [-0.25, -0.2) is 14.4 Å². The second-order valence-electron chi connectivity index (χ2n) is 8.56. The largest absolute Gasteiger partial charge is 0.480 e. The van der Waals surface area contributed by atoms with E-state index < -0.39 is 30.1 Å². The van der Waals surface area contributed by atoms with Crippen LogP contribution in [0.5, 0.6) is 0 Å². The molecule has 0 aliphatic carbocycles.